The third-order valence-corrected chi connectivity index (χ3v) is 5.23. The van der Waals surface area contributed by atoms with Gasteiger partial charge in [0.1, 0.15) is 11.5 Å². The van der Waals surface area contributed by atoms with Crippen LogP contribution in [-0.2, 0) is 7.05 Å². The van der Waals surface area contributed by atoms with Gasteiger partial charge in [-0.05, 0) is 35.9 Å². The van der Waals surface area contributed by atoms with Gasteiger partial charge in [0.2, 0.25) is 0 Å². The van der Waals surface area contributed by atoms with Crippen molar-refractivity contribution in [2.45, 2.75) is 0 Å². The molecule has 28 heavy (non-hydrogen) atoms. The third-order valence-electron chi connectivity index (χ3n) is 5.23. The summed E-state index contributed by atoms with van der Waals surface area (Å²) in [6.07, 6.45) is 1.84. The second-order valence-corrected chi connectivity index (χ2v) is 6.86. The Morgan fingerprint density at radius 1 is 0.821 bits per heavy atom. The van der Waals surface area contributed by atoms with Crippen LogP contribution in [0.3, 0.4) is 0 Å². The molecule has 0 aliphatic rings. The van der Waals surface area contributed by atoms with Gasteiger partial charge in [-0.2, -0.15) is 0 Å². The minimum atomic E-state index is -0.292. The van der Waals surface area contributed by atoms with Crippen LogP contribution in [0.2, 0.25) is 0 Å². The molecule has 5 rings (SSSR count). The fourth-order valence-electron chi connectivity index (χ4n) is 3.91. The number of rotatable bonds is 2. The monoisotopic (exact) mass is 368 g/mol. The summed E-state index contributed by atoms with van der Waals surface area (Å²) < 4.78 is 17.2. The molecule has 0 bridgehead atoms. The molecule has 3 aromatic carbocycles. The van der Waals surface area contributed by atoms with Crippen molar-refractivity contribution in [3.8, 4) is 16.8 Å². The summed E-state index contributed by atoms with van der Waals surface area (Å²) in [6, 6.07) is 24.3. The van der Waals surface area contributed by atoms with Gasteiger partial charge in [0.15, 0.2) is 0 Å². The average Bonchev–Trinajstić information content (AvgIpc) is 3.13. The first kappa shape index (κ1) is 16.5. The summed E-state index contributed by atoms with van der Waals surface area (Å²) >= 11 is 0. The molecular weight excluding hydrogens is 351 g/mol. The van der Waals surface area contributed by atoms with Crippen LogP contribution in [0.15, 0.2) is 89.9 Å². The predicted molar refractivity (Wildman–Crippen MR) is 111 cm³/mol. The Morgan fingerprint density at radius 3 is 2.39 bits per heavy atom. The zero-order valence-corrected chi connectivity index (χ0v) is 15.3. The number of halogens is 1. The maximum absolute atomic E-state index is 13.7. The van der Waals surface area contributed by atoms with Crippen molar-refractivity contribution in [2.75, 3.05) is 0 Å². The van der Waals surface area contributed by atoms with Gasteiger partial charge in [0.05, 0.1) is 11.0 Å². The van der Waals surface area contributed by atoms with Gasteiger partial charge in [-0.1, -0.05) is 48.5 Å². The van der Waals surface area contributed by atoms with Gasteiger partial charge in [0, 0.05) is 29.6 Å². The lowest BCUT2D eigenvalue weighted by Crippen LogP contribution is -2.23. The summed E-state index contributed by atoms with van der Waals surface area (Å²) in [5.74, 6) is -0.292. The van der Waals surface area contributed by atoms with Crippen LogP contribution in [0.5, 0.6) is 0 Å². The SMILES string of the molecule is Cn1c(=O)c(-n2ccc3cc(F)ccc32)c(-c2ccccc2)c2ccccc21. The van der Waals surface area contributed by atoms with Crippen molar-refractivity contribution in [1.29, 1.82) is 0 Å². The molecular formula is C24H17FN2O. The number of para-hydroxylation sites is 1. The van der Waals surface area contributed by atoms with Crippen molar-refractivity contribution >= 4 is 21.8 Å². The van der Waals surface area contributed by atoms with Crippen LogP contribution in [0.1, 0.15) is 0 Å². The lowest BCUT2D eigenvalue weighted by atomic mass is 9.99. The number of hydrogen-bond acceptors (Lipinski definition) is 1. The molecule has 0 saturated heterocycles. The van der Waals surface area contributed by atoms with E-state index in [4.69, 9.17) is 0 Å². The largest absolute Gasteiger partial charge is 0.311 e. The molecule has 0 saturated carbocycles. The molecule has 0 N–H and O–H groups in total. The predicted octanol–water partition coefficient (Wildman–Crippen LogP) is 5.29. The molecule has 0 radical (unpaired) electrons. The molecule has 0 fully saturated rings. The number of aromatic nitrogens is 2. The highest BCUT2D eigenvalue weighted by Gasteiger charge is 2.19. The zero-order valence-electron chi connectivity index (χ0n) is 15.3. The molecule has 136 valence electrons. The highest BCUT2D eigenvalue weighted by Crippen LogP contribution is 2.33. The maximum Gasteiger partial charge on any atom is 0.275 e. The van der Waals surface area contributed by atoms with Crippen molar-refractivity contribution in [3.05, 3.63) is 101 Å². The lowest BCUT2D eigenvalue weighted by molar-refractivity contribution is 0.629. The van der Waals surface area contributed by atoms with E-state index in [-0.39, 0.29) is 11.4 Å². The lowest BCUT2D eigenvalue weighted by Gasteiger charge is -2.17. The van der Waals surface area contributed by atoms with Gasteiger partial charge >= 0.3 is 0 Å². The Labute approximate surface area is 160 Å². The average molecular weight is 368 g/mol. The Hall–Kier alpha value is -3.66. The van der Waals surface area contributed by atoms with E-state index in [1.165, 1.54) is 12.1 Å². The molecule has 0 unspecified atom stereocenters. The molecule has 4 heteroatoms. The van der Waals surface area contributed by atoms with Crippen LogP contribution in [0.4, 0.5) is 4.39 Å². The van der Waals surface area contributed by atoms with E-state index >= 15 is 0 Å². The number of pyridine rings is 1. The van der Waals surface area contributed by atoms with E-state index < -0.39 is 0 Å². The van der Waals surface area contributed by atoms with Crippen LogP contribution < -0.4 is 5.56 Å². The van der Waals surface area contributed by atoms with Gasteiger partial charge in [-0.25, -0.2) is 4.39 Å². The fourth-order valence-corrected chi connectivity index (χ4v) is 3.91. The van der Waals surface area contributed by atoms with E-state index in [1.54, 1.807) is 17.7 Å². The Kier molecular flexibility index (Phi) is 3.66. The Morgan fingerprint density at radius 2 is 1.57 bits per heavy atom. The minimum absolute atomic E-state index is 0.0978. The van der Waals surface area contributed by atoms with Crippen LogP contribution >= 0.6 is 0 Å². The first-order valence-electron chi connectivity index (χ1n) is 9.09. The molecule has 0 atom stereocenters. The van der Waals surface area contributed by atoms with Crippen LogP contribution in [0, 0.1) is 5.82 Å². The molecule has 0 aliphatic carbocycles. The van der Waals surface area contributed by atoms with Crippen molar-refractivity contribution in [2.24, 2.45) is 7.05 Å². The number of benzene rings is 3. The molecule has 0 spiro atoms. The topological polar surface area (TPSA) is 26.9 Å². The quantitative estimate of drug-likeness (QED) is 0.416. The maximum atomic E-state index is 13.7. The number of fused-ring (bicyclic) bond motifs is 2. The molecule has 2 heterocycles. The van der Waals surface area contributed by atoms with Crippen molar-refractivity contribution in [3.63, 3.8) is 0 Å². The van der Waals surface area contributed by atoms with Crippen LogP contribution in [0.25, 0.3) is 38.6 Å². The summed E-state index contributed by atoms with van der Waals surface area (Å²) in [7, 11) is 1.79. The summed E-state index contributed by atoms with van der Waals surface area (Å²) in [4.78, 5) is 13.5. The number of aryl methyl sites for hydroxylation is 1. The molecule has 0 amide bonds. The van der Waals surface area contributed by atoms with E-state index in [9.17, 15) is 9.18 Å². The van der Waals surface area contributed by atoms with Gasteiger partial charge < -0.3 is 9.13 Å². The normalized spacial score (nSPS) is 11.4. The highest BCUT2D eigenvalue weighted by molar-refractivity contribution is 5.99. The van der Waals surface area contributed by atoms with Gasteiger partial charge in [0.25, 0.3) is 5.56 Å². The first-order chi connectivity index (χ1) is 13.6. The summed E-state index contributed by atoms with van der Waals surface area (Å²) in [6.45, 7) is 0. The van der Waals surface area contributed by atoms with E-state index in [0.29, 0.717) is 5.69 Å². The Balaban J connectivity index is 1.98. The van der Waals surface area contributed by atoms with E-state index in [0.717, 1.165) is 32.9 Å². The Bertz CT molecular complexity index is 1400. The van der Waals surface area contributed by atoms with Gasteiger partial charge in [-0.3, -0.25) is 4.79 Å². The molecule has 2 aromatic heterocycles. The number of nitrogens with zero attached hydrogens (tertiary/aromatic N) is 2. The van der Waals surface area contributed by atoms with Crippen molar-refractivity contribution < 1.29 is 4.39 Å². The van der Waals surface area contributed by atoms with Crippen LogP contribution in [-0.4, -0.2) is 9.13 Å². The summed E-state index contributed by atoms with van der Waals surface area (Å²) in [5.41, 5.74) is 3.98. The zero-order chi connectivity index (χ0) is 19.3. The first-order valence-corrected chi connectivity index (χ1v) is 9.09. The standard InChI is InChI=1S/C24H17FN2O/c1-26-21-10-6-5-9-19(21)22(16-7-3-2-4-8-16)23(24(26)28)27-14-13-17-15-18(25)11-12-20(17)27/h2-15H,1H3. The second-order valence-electron chi connectivity index (χ2n) is 6.86. The highest BCUT2D eigenvalue weighted by atomic mass is 19.1. The third kappa shape index (κ3) is 2.38. The minimum Gasteiger partial charge on any atom is -0.311 e. The van der Waals surface area contributed by atoms with Crippen molar-refractivity contribution in [1.82, 2.24) is 9.13 Å². The second kappa shape index (κ2) is 6.20. The molecule has 0 aliphatic heterocycles. The summed E-state index contributed by atoms with van der Waals surface area (Å²) in [5, 5.41) is 1.75. The molecule has 3 nitrogen and oxygen atoms in total. The molecule has 5 aromatic rings. The smallest absolute Gasteiger partial charge is 0.275 e. The van der Waals surface area contributed by atoms with E-state index in [1.807, 2.05) is 71.4 Å². The van der Waals surface area contributed by atoms with E-state index in [2.05, 4.69) is 0 Å². The fraction of sp³-hybridized carbons (Fsp3) is 0.0417. The van der Waals surface area contributed by atoms with Gasteiger partial charge in [-0.15, -0.1) is 0 Å². The number of hydrogen-bond donors (Lipinski definition) is 0.